The van der Waals surface area contributed by atoms with Gasteiger partial charge in [-0.25, -0.2) is 0 Å². The predicted octanol–water partition coefficient (Wildman–Crippen LogP) is 1.30. The summed E-state index contributed by atoms with van der Waals surface area (Å²) in [4.78, 5) is 10.3. The van der Waals surface area contributed by atoms with Crippen molar-refractivity contribution in [3.8, 4) is 5.75 Å². The minimum absolute atomic E-state index is 0.105. The van der Waals surface area contributed by atoms with Gasteiger partial charge >= 0.3 is 5.97 Å². The van der Waals surface area contributed by atoms with Gasteiger partial charge in [-0.2, -0.15) is 0 Å². The molecule has 0 fully saturated rings. The Morgan fingerprint density at radius 3 is 2.38 bits per heavy atom. The maximum atomic E-state index is 10.7. The second kappa shape index (κ2) is 3.91. The normalized spacial score (nSPS) is 12.4. The van der Waals surface area contributed by atoms with E-state index in [0.29, 0.717) is 5.56 Å². The van der Waals surface area contributed by atoms with Crippen LogP contribution in [0.2, 0.25) is 0 Å². The fourth-order valence-electron chi connectivity index (χ4n) is 1.02. The second-order valence-electron chi connectivity index (χ2n) is 2.77. The number of rotatable bonds is 3. The molecule has 1 aromatic rings. The van der Waals surface area contributed by atoms with Crippen molar-refractivity contribution < 1.29 is 15.0 Å². The smallest absolute Gasteiger partial charge is 0.305 e. The molecule has 1 atom stereocenters. The van der Waals surface area contributed by atoms with Crippen molar-refractivity contribution >= 4 is 5.97 Å². The second-order valence-corrected chi connectivity index (χ2v) is 2.77. The van der Waals surface area contributed by atoms with Crippen LogP contribution in [0.15, 0.2) is 24.3 Å². The van der Waals surface area contributed by atoms with Crippen LogP contribution in [0.3, 0.4) is 0 Å². The fraction of sp³-hybridized carbons (Fsp3) is 0.222. The zero-order valence-corrected chi connectivity index (χ0v) is 6.93. The van der Waals surface area contributed by atoms with Crippen molar-refractivity contribution in [1.82, 2.24) is 0 Å². The van der Waals surface area contributed by atoms with E-state index >= 15 is 0 Å². The number of hydrogen-bond donors (Lipinski definition) is 2. The van der Waals surface area contributed by atoms with Gasteiger partial charge in [-0.1, -0.05) is 12.1 Å². The third kappa shape index (κ3) is 2.76. The molecule has 0 saturated carbocycles. The summed E-state index contributed by atoms with van der Waals surface area (Å²) in [5.41, 5.74) is 6.23. The molecule has 3 N–H and O–H groups in total. The Labute approximate surface area is 75.6 Å². The van der Waals surface area contributed by atoms with Crippen molar-refractivity contribution in [2.45, 2.75) is 12.5 Å². The number of carboxylic acid groups (broad SMARTS) is 1. The number of aliphatic carboxylic acids is 1. The van der Waals surface area contributed by atoms with Crippen LogP contribution in [0.5, 0.6) is 5.75 Å². The standard InChI is InChI=1S/C9H10NO3/c10-8(5-9(12)13)6-1-3-7(11)4-2-6/h1-4,8H,5,10H2,(H,12,13)/t8-/m0/s1. The molecule has 13 heavy (non-hydrogen) atoms. The Morgan fingerprint density at radius 2 is 1.92 bits per heavy atom. The van der Waals surface area contributed by atoms with Crippen LogP contribution < -0.4 is 5.73 Å². The predicted molar refractivity (Wildman–Crippen MR) is 45.8 cm³/mol. The lowest BCUT2D eigenvalue weighted by atomic mass is 10.1. The number of nitrogens with two attached hydrogens (primary N) is 1. The first kappa shape index (κ1) is 9.54. The van der Waals surface area contributed by atoms with Gasteiger partial charge in [0, 0.05) is 6.04 Å². The molecule has 0 unspecified atom stereocenters. The summed E-state index contributed by atoms with van der Waals surface area (Å²) < 4.78 is 0. The molecule has 0 bridgehead atoms. The number of carboxylic acids is 1. The van der Waals surface area contributed by atoms with Crippen LogP contribution in [0.25, 0.3) is 0 Å². The molecule has 0 spiro atoms. The third-order valence-corrected chi connectivity index (χ3v) is 1.70. The molecule has 0 aliphatic rings. The number of hydrogen-bond acceptors (Lipinski definition) is 2. The summed E-state index contributed by atoms with van der Waals surface area (Å²) >= 11 is 0. The molecule has 1 radical (unpaired) electrons. The van der Waals surface area contributed by atoms with Gasteiger partial charge in [0.2, 0.25) is 0 Å². The zero-order valence-electron chi connectivity index (χ0n) is 6.93. The van der Waals surface area contributed by atoms with Gasteiger partial charge in [-0.15, -0.1) is 0 Å². The van der Waals surface area contributed by atoms with Crippen LogP contribution in [0, 0.1) is 0 Å². The highest BCUT2D eigenvalue weighted by atomic mass is 16.4. The van der Waals surface area contributed by atoms with Gasteiger partial charge in [0.05, 0.1) is 6.42 Å². The van der Waals surface area contributed by atoms with Gasteiger partial charge in [0.25, 0.3) is 0 Å². The summed E-state index contributed by atoms with van der Waals surface area (Å²) in [6.07, 6.45) is -0.127. The monoisotopic (exact) mass is 180 g/mol. The maximum absolute atomic E-state index is 10.7. The molecule has 0 saturated heterocycles. The lowest BCUT2D eigenvalue weighted by molar-refractivity contribution is -0.137. The highest BCUT2D eigenvalue weighted by molar-refractivity contribution is 5.67. The summed E-state index contributed by atoms with van der Waals surface area (Å²) in [6.45, 7) is 0. The summed E-state index contributed by atoms with van der Waals surface area (Å²) in [5.74, 6) is -1.05. The minimum Gasteiger partial charge on any atom is -0.481 e. The van der Waals surface area contributed by atoms with Gasteiger partial charge in [-0.05, 0) is 17.7 Å². The molecular weight excluding hydrogens is 170 g/mol. The minimum atomic E-state index is -0.946. The van der Waals surface area contributed by atoms with Crippen molar-refractivity contribution in [3.63, 3.8) is 0 Å². The van der Waals surface area contributed by atoms with E-state index in [0.717, 1.165) is 0 Å². The Morgan fingerprint density at radius 1 is 1.38 bits per heavy atom. The van der Waals surface area contributed by atoms with Crippen molar-refractivity contribution in [3.05, 3.63) is 29.8 Å². The lowest BCUT2D eigenvalue weighted by Gasteiger charge is -2.08. The van der Waals surface area contributed by atoms with Crippen LogP contribution in [-0.2, 0) is 9.90 Å². The van der Waals surface area contributed by atoms with Crippen LogP contribution >= 0.6 is 0 Å². The average Bonchev–Trinajstić information content (AvgIpc) is 2.04. The summed E-state index contributed by atoms with van der Waals surface area (Å²) in [6, 6.07) is 5.30. The van der Waals surface area contributed by atoms with E-state index in [1.807, 2.05) is 0 Å². The molecule has 0 aliphatic heterocycles. The molecule has 0 aliphatic carbocycles. The number of carbonyl (C=O) groups is 1. The van der Waals surface area contributed by atoms with E-state index in [1.165, 1.54) is 12.1 Å². The van der Waals surface area contributed by atoms with Crippen molar-refractivity contribution in [1.29, 1.82) is 0 Å². The highest BCUT2D eigenvalue weighted by Crippen LogP contribution is 2.17. The van der Waals surface area contributed by atoms with Gasteiger partial charge in [0.15, 0.2) is 5.75 Å². The van der Waals surface area contributed by atoms with E-state index in [2.05, 4.69) is 0 Å². The van der Waals surface area contributed by atoms with Gasteiger partial charge < -0.3 is 10.8 Å². The molecule has 1 rings (SSSR count). The topological polar surface area (TPSA) is 83.2 Å². The Balaban J connectivity index is 2.71. The van der Waals surface area contributed by atoms with E-state index in [1.54, 1.807) is 12.1 Å². The molecule has 4 heteroatoms. The van der Waals surface area contributed by atoms with E-state index in [4.69, 9.17) is 10.8 Å². The lowest BCUT2D eigenvalue weighted by Crippen LogP contribution is -2.14. The van der Waals surface area contributed by atoms with E-state index in [-0.39, 0.29) is 12.2 Å². The van der Waals surface area contributed by atoms with Crippen molar-refractivity contribution in [2.24, 2.45) is 5.73 Å². The van der Waals surface area contributed by atoms with Crippen molar-refractivity contribution in [2.75, 3.05) is 0 Å². The molecule has 0 aromatic heterocycles. The largest absolute Gasteiger partial charge is 0.481 e. The fourth-order valence-corrected chi connectivity index (χ4v) is 1.02. The molecule has 0 amide bonds. The van der Waals surface area contributed by atoms with Crippen LogP contribution in [0.4, 0.5) is 0 Å². The molecule has 0 heterocycles. The zero-order chi connectivity index (χ0) is 9.84. The van der Waals surface area contributed by atoms with Gasteiger partial charge in [0.1, 0.15) is 0 Å². The summed E-state index contributed by atoms with van der Waals surface area (Å²) in [5, 5.41) is 19.2. The third-order valence-electron chi connectivity index (χ3n) is 1.70. The van der Waals surface area contributed by atoms with E-state index in [9.17, 15) is 9.90 Å². The molecular formula is C9H10NO3. The van der Waals surface area contributed by atoms with E-state index < -0.39 is 12.0 Å². The van der Waals surface area contributed by atoms with Gasteiger partial charge in [-0.3, -0.25) is 9.90 Å². The Bertz CT molecular complexity index is 294. The molecule has 69 valence electrons. The average molecular weight is 180 g/mol. The Kier molecular flexibility index (Phi) is 2.87. The molecule has 1 aromatic carbocycles. The van der Waals surface area contributed by atoms with Crippen LogP contribution in [0.1, 0.15) is 18.0 Å². The first-order valence-electron chi connectivity index (χ1n) is 3.84. The highest BCUT2D eigenvalue weighted by Gasteiger charge is 2.09. The Hall–Kier alpha value is -1.55. The first-order chi connectivity index (χ1) is 6.09. The maximum Gasteiger partial charge on any atom is 0.305 e. The quantitative estimate of drug-likeness (QED) is 0.735. The number of benzene rings is 1. The van der Waals surface area contributed by atoms with Crippen LogP contribution in [-0.4, -0.2) is 11.1 Å². The summed E-state index contributed by atoms with van der Waals surface area (Å²) in [7, 11) is 0. The SMILES string of the molecule is N[C@@H](CC(=O)O)c1ccc([O])cc1. The first-order valence-corrected chi connectivity index (χ1v) is 3.84. The molecule has 4 nitrogen and oxygen atoms in total.